The van der Waals surface area contributed by atoms with Crippen molar-refractivity contribution >= 4 is 0 Å². The quantitative estimate of drug-likeness (QED) is 0.780. The Bertz CT molecular complexity index is 293. The highest BCUT2D eigenvalue weighted by atomic mass is 15.2. The number of nitrogens with zero attached hydrogens (tertiary/aromatic N) is 3. The van der Waals surface area contributed by atoms with Crippen LogP contribution in [0.25, 0.3) is 0 Å². The van der Waals surface area contributed by atoms with Crippen LogP contribution in [0.4, 0.5) is 0 Å². The van der Waals surface area contributed by atoms with Gasteiger partial charge in [-0.25, -0.2) is 0 Å². The molecule has 3 heterocycles. The van der Waals surface area contributed by atoms with Crippen LogP contribution in [0.3, 0.4) is 0 Å². The van der Waals surface area contributed by atoms with E-state index in [0.29, 0.717) is 0 Å². The van der Waals surface area contributed by atoms with Crippen molar-refractivity contribution in [1.29, 1.82) is 0 Å². The van der Waals surface area contributed by atoms with Gasteiger partial charge in [-0.1, -0.05) is 6.92 Å². The summed E-state index contributed by atoms with van der Waals surface area (Å²) in [5.41, 5.74) is 0.720. The van der Waals surface area contributed by atoms with Crippen LogP contribution in [0.5, 0.6) is 0 Å². The second kappa shape index (κ2) is 6.33. The van der Waals surface area contributed by atoms with E-state index in [2.05, 4.69) is 28.7 Å². The molecule has 3 heteroatoms. The van der Waals surface area contributed by atoms with E-state index in [1.165, 1.54) is 84.5 Å². The zero-order valence-electron chi connectivity index (χ0n) is 13.6. The summed E-state index contributed by atoms with van der Waals surface area (Å²) in [4.78, 5) is 7.83. The highest BCUT2D eigenvalue weighted by Gasteiger charge is 2.42. The summed E-state index contributed by atoms with van der Waals surface area (Å²) >= 11 is 0. The standard InChI is InChI=1S/C17H33N3/c1-3-19-9-4-16(5-10-19)6-11-20-12-7-17(8-13-20)14-18(2)15-17/h16H,3-15H2,1-2H3. The monoisotopic (exact) mass is 279 g/mol. The van der Waals surface area contributed by atoms with E-state index < -0.39 is 0 Å². The summed E-state index contributed by atoms with van der Waals surface area (Å²) in [7, 11) is 2.26. The Kier molecular flexibility index (Phi) is 4.68. The molecule has 3 aliphatic rings. The Hall–Kier alpha value is -0.120. The predicted molar refractivity (Wildman–Crippen MR) is 85.1 cm³/mol. The summed E-state index contributed by atoms with van der Waals surface area (Å²) in [5.74, 6) is 1.00. The van der Waals surface area contributed by atoms with Gasteiger partial charge in [-0.3, -0.25) is 0 Å². The maximum Gasteiger partial charge on any atom is 0.00484 e. The topological polar surface area (TPSA) is 9.72 Å². The molecule has 3 rings (SSSR count). The molecule has 3 aliphatic heterocycles. The van der Waals surface area contributed by atoms with E-state index in [9.17, 15) is 0 Å². The molecule has 20 heavy (non-hydrogen) atoms. The fourth-order valence-electron chi connectivity index (χ4n) is 4.62. The highest BCUT2D eigenvalue weighted by molar-refractivity contribution is 4.96. The Labute approximate surface area is 125 Å². The molecule has 1 spiro atoms. The molecule has 0 N–H and O–H groups in total. The summed E-state index contributed by atoms with van der Waals surface area (Å²) in [6.45, 7) is 13.0. The predicted octanol–water partition coefficient (Wildman–Crippen LogP) is 2.14. The lowest BCUT2D eigenvalue weighted by molar-refractivity contribution is -0.0324. The van der Waals surface area contributed by atoms with Gasteiger partial charge in [-0.05, 0) is 89.8 Å². The van der Waals surface area contributed by atoms with E-state index in [-0.39, 0.29) is 0 Å². The normalized spacial score (nSPS) is 29.7. The van der Waals surface area contributed by atoms with Crippen LogP contribution in [-0.2, 0) is 0 Å². The van der Waals surface area contributed by atoms with Gasteiger partial charge < -0.3 is 14.7 Å². The fraction of sp³-hybridized carbons (Fsp3) is 1.00. The minimum Gasteiger partial charge on any atom is -0.305 e. The molecular formula is C17H33N3. The lowest BCUT2D eigenvalue weighted by Gasteiger charge is -2.53. The summed E-state index contributed by atoms with van der Waals surface area (Å²) in [5, 5.41) is 0. The fourth-order valence-corrected chi connectivity index (χ4v) is 4.62. The minimum atomic E-state index is 0.720. The molecule has 0 amide bonds. The first-order valence-corrected chi connectivity index (χ1v) is 8.82. The zero-order valence-corrected chi connectivity index (χ0v) is 13.6. The van der Waals surface area contributed by atoms with E-state index >= 15 is 0 Å². The molecular weight excluding hydrogens is 246 g/mol. The van der Waals surface area contributed by atoms with Crippen LogP contribution in [0.1, 0.15) is 39.0 Å². The lowest BCUT2D eigenvalue weighted by Crippen LogP contribution is -2.58. The molecule has 0 aromatic carbocycles. The Morgan fingerprint density at radius 3 is 2.15 bits per heavy atom. The van der Waals surface area contributed by atoms with Crippen molar-refractivity contribution in [3.8, 4) is 0 Å². The molecule has 0 aromatic heterocycles. The van der Waals surface area contributed by atoms with E-state index in [0.717, 1.165) is 11.3 Å². The molecule has 116 valence electrons. The van der Waals surface area contributed by atoms with Crippen LogP contribution in [0.2, 0.25) is 0 Å². The first-order chi connectivity index (χ1) is 9.69. The van der Waals surface area contributed by atoms with Crippen LogP contribution < -0.4 is 0 Å². The Balaban J connectivity index is 1.32. The van der Waals surface area contributed by atoms with E-state index in [1.54, 1.807) is 0 Å². The third-order valence-corrected chi connectivity index (χ3v) is 6.14. The highest BCUT2D eigenvalue weighted by Crippen LogP contribution is 2.39. The molecule has 0 aromatic rings. The lowest BCUT2D eigenvalue weighted by atomic mass is 9.72. The van der Waals surface area contributed by atoms with Crippen LogP contribution in [0.15, 0.2) is 0 Å². The number of hydrogen-bond donors (Lipinski definition) is 0. The second-order valence-electron chi connectivity index (χ2n) is 7.68. The molecule has 0 bridgehead atoms. The second-order valence-corrected chi connectivity index (χ2v) is 7.68. The van der Waals surface area contributed by atoms with Gasteiger partial charge in [-0.15, -0.1) is 0 Å². The average molecular weight is 279 g/mol. The molecule has 0 atom stereocenters. The maximum atomic E-state index is 2.75. The van der Waals surface area contributed by atoms with Gasteiger partial charge in [0.25, 0.3) is 0 Å². The largest absolute Gasteiger partial charge is 0.305 e. The van der Waals surface area contributed by atoms with Crippen molar-refractivity contribution in [3.05, 3.63) is 0 Å². The summed E-state index contributed by atoms with van der Waals surface area (Å²) < 4.78 is 0. The summed E-state index contributed by atoms with van der Waals surface area (Å²) in [6, 6.07) is 0. The van der Waals surface area contributed by atoms with Gasteiger partial charge in [0.1, 0.15) is 0 Å². The van der Waals surface area contributed by atoms with Gasteiger partial charge in [-0.2, -0.15) is 0 Å². The molecule has 0 radical (unpaired) electrons. The summed E-state index contributed by atoms with van der Waals surface area (Å²) in [6.07, 6.45) is 7.23. The van der Waals surface area contributed by atoms with Crippen molar-refractivity contribution < 1.29 is 0 Å². The average Bonchev–Trinajstić information content (AvgIpc) is 2.46. The number of hydrogen-bond acceptors (Lipinski definition) is 3. The maximum absolute atomic E-state index is 2.75. The van der Waals surface area contributed by atoms with Gasteiger partial charge in [0.15, 0.2) is 0 Å². The van der Waals surface area contributed by atoms with E-state index in [4.69, 9.17) is 0 Å². The van der Waals surface area contributed by atoms with Crippen molar-refractivity contribution in [2.24, 2.45) is 11.3 Å². The molecule has 3 saturated heterocycles. The van der Waals surface area contributed by atoms with Gasteiger partial charge >= 0.3 is 0 Å². The Morgan fingerprint density at radius 1 is 0.950 bits per heavy atom. The van der Waals surface area contributed by atoms with Crippen LogP contribution in [-0.4, -0.2) is 74.1 Å². The molecule has 3 fully saturated rings. The van der Waals surface area contributed by atoms with Gasteiger partial charge in [0, 0.05) is 13.1 Å². The smallest absolute Gasteiger partial charge is 0.00484 e. The minimum absolute atomic E-state index is 0.720. The van der Waals surface area contributed by atoms with Gasteiger partial charge in [0.05, 0.1) is 0 Å². The first-order valence-electron chi connectivity index (χ1n) is 8.82. The molecule has 0 aliphatic carbocycles. The van der Waals surface area contributed by atoms with Crippen molar-refractivity contribution in [2.75, 3.05) is 59.4 Å². The Morgan fingerprint density at radius 2 is 1.60 bits per heavy atom. The van der Waals surface area contributed by atoms with E-state index in [1.807, 2.05) is 0 Å². The van der Waals surface area contributed by atoms with Crippen molar-refractivity contribution in [1.82, 2.24) is 14.7 Å². The zero-order chi connectivity index (χ0) is 14.0. The third kappa shape index (κ3) is 3.37. The molecule has 3 nitrogen and oxygen atoms in total. The SMILES string of the molecule is CCN1CCC(CCN2CCC3(CC2)CN(C)C3)CC1. The number of piperidine rings is 2. The van der Waals surface area contributed by atoms with Crippen LogP contribution >= 0.6 is 0 Å². The number of likely N-dealkylation sites (tertiary alicyclic amines) is 3. The van der Waals surface area contributed by atoms with Gasteiger partial charge in [0.2, 0.25) is 0 Å². The third-order valence-electron chi connectivity index (χ3n) is 6.14. The van der Waals surface area contributed by atoms with Crippen molar-refractivity contribution in [2.45, 2.75) is 39.0 Å². The first kappa shape index (κ1) is 14.8. The molecule has 0 saturated carbocycles. The van der Waals surface area contributed by atoms with Crippen molar-refractivity contribution in [3.63, 3.8) is 0 Å². The molecule has 0 unspecified atom stereocenters. The van der Waals surface area contributed by atoms with Crippen LogP contribution in [0, 0.1) is 11.3 Å². The number of rotatable bonds is 4.